The molecule has 0 spiro atoms. The third-order valence-electron chi connectivity index (χ3n) is 6.59. The monoisotopic (exact) mass is 385 g/mol. The van der Waals surface area contributed by atoms with Crippen molar-refractivity contribution in [2.75, 3.05) is 4.90 Å². The van der Waals surface area contributed by atoms with Gasteiger partial charge in [0.1, 0.15) is 0 Å². The molecule has 4 aromatic rings. The van der Waals surface area contributed by atoms with Gasteiger partial charge in [0.2, 0.25) is 0 Å². The molecule has 1 unspecified atom stereocenters. The number of rotatable bonds is 2. The smallest absolute Gasteiger partial charge is 0.0727 e. The molecular weight excluding hydrogens is 362 g/mol. The number of para-hydroxylation sites is 2. The zero-order valence-electron chi connectivity index (χ0n) is 17.0. The van der Waals surface area contributed by atoms with E-state index in [9.17, 15) is 0 Å². The van der Waals surface area contributed by atoms with Crippen LogP contribution in [0.25, 0.3) is 11.1 Å². The second-order valence-corrected chi connectivity index (χ2v) is 8.41. The van der Waals surface area contributed by atoms with Crippen molar-refractivity contribution in [3.63, 3.8) is 0 Å². The molecule has 4 aromatic carbocycles. The van der Waals surface area contributed by atoms with Crippen LogP contribution in [-0.2, 0) is 6.42 Å². The van der Waals surface area contributed by atoms with E-state index in [1.165, 1.54) is 44.8 Å². The third kappa shape index (κ3) is 2.35. The highest BCUT2D eigenvalue weighted by Crippen LogP contribution is 2.57. The van der Waals surface area contributed by atoms with Crippen LogP contribution in [-0.4, -0.2) is 5.54 Å². The molecule has 1 heteroatoms. The highest BCUT2D eigenvalue weighted by molar-refractivity contribution is 6.10. The number of anilines is 2. The van der Waals surface area contributed by atoms with Crippen molar-refractivity contribution < 1.29 is 0 Å². The molecule has 0 radical (unpaired) electrons. The van der Waals surface area contributed by atoms with Crippen LogP contribution in [0.4, 0.5) is 11.4 Å². The molecule has 0 N–H and O–H groups in total. The van der Waals surface area contributed by atoms with Gasteiger partial charge in [0, 0.05) is 23.4 Å². The van der Waals surface area contributed by atoms with Crippen LogP contribution < -0.4 is 4.90 Å². The summed E-state index contributed by atoms with van der Waals surface area (Å²) in [6, 6.07) is 39.6. The Bertz CT molecular complexity index is 1270. The molecule has 0 aromatic heterocycles. The fraction of sp³-hybridized carbons (Fsp3) is 0.103. The van der Waals surface area contributed by atoms with Crippen molar-refractivity contribution in [1.29, 1.82) is 0 Å². The van der Waals surface area contributed by atoms with E-state index in [0.29, 0.717) is 0 Å². The van der Waals surface area contributed by atoms with Gasteiger partial charge in [-0.15, -0.1) is 0 Å². The second-order valence-electron chi connectivity index (χ2n) is 8.41. The summed E-state index contributed by atoms with van der Waals surface area (Å²) in [4.78, 5) is 2.58. The molecule has 2 aliphatic rings. The molecule has 0 fully saturated rings. The zero-order valence-corrected chi connectivity index (χ0v) is 17.0. The number of benzene rings is 4. The van der Waals surface area contributed by atoms with Crippen molar-refractivity contribution >= 4 is 22.5 Å². The SMILES string of the molecule is CC12Cc3ccccc3N1c1ccccc1C(c1ccccc1)=C2c1ccccc1. The Morgan fingerprint density at radius 1 is 0.600 bits per heavy atom. The van der Waals surface area contributed by atoms with E-state index < -0.39 is 0 Å². The Balaban J connectivity index is 1.76. The standard InChI is InChI=1S/C29H23N/c1-29-20-23-16-8-10-18-25(23)30(29)26-19-11-9-17-24(26)27(21-12-4-2-5-13-21)28(29)22-14-6-3-7-15-22/h2-19H,20H2,1H3. The van der Waals surface area contributed by atoms with Crippen molar-refractivity contribution in [3.05, 3.63) is 131 Å². The second kappa shape index (κ2) is 6.47. The minimum Gasteiger partial charge on any atom is -0.330 e. The Kier molecular flexibility index (Phi) is 3.73. The van der Waals surface area contributed by atoms with Crippen LogP contribution in [0, 0.1) is 0 Å². The third-order valence-corrected chi connectivity index (χ3v) is 6.59. The average molecular weight is 386 g/mol. The lowest BCUT2D eigenvalue weighted by atomic mass is 9.74. The predicted molar refractivity (Wildman–Crippen MR) is 126 cm³/mol. The largest absolute Gasteiger partial charge is 0.330 e. The molecule has 1 nitrogen and oxygen atoms in total. The maximum absolute atomic E-state index is 2.58. The van der Waals surface area contributed by atoms with Crippen molar-refractivity contribution in [3.8, 4) is 0 Å². The summed E-state index contributed by atoms with van der Waals surface area (Å²) >= 11 is 0. The quantitative estimate of drug-likeness (QED) is 0.355. The number of nitrogens with zero attached hydrogens (tertiary/aromatic N) is 1. The van der Waals surface area contributed by atoms with Crippen LogP contribution >= 0.6 is 0 Å². The van der Waals surface area contributed by atoms with Gasteiger partial charge in [-0.2, -0.15) is 0 Å². The summed E-state index contributed by atoms with van der Waals surface area (Å²) in [7, 11) is 0. The van der Waals surface area contributed by atoms with Gasteiger partial charge in [-0.1, -0.05) is 97.1 Å². The number of fused-ring (bicyclic) bond motifs is 5. The highest BCUT2D eigenvalue weighted by atomic mass is 15.2. The zero-order chi connectivity index (χ0) is 20.1. The van der Waals surface area contributed by atoms with E-state index in [2.05, 4.69) is 121 Å². The highest BCUT2D eigenvalue weighted by Gasteiger charge is 2.48. The normalized spacial score (nSPS) is 19.3. The Hall–Kier alpha value is -3.58. The number of hydrogen-bond donors (Lipinski definition) is 0. The van der Waals surface area contributed by atoms with Gasteiger partial charge in [-0.05, 0) is 46.9 Å². The van der Waals surface area contributed by atoms with Gasteiger partial charge in [-0.3, -0.25) is 0 Å². The first kappa shape index (κ1) is 17.3. The van der Waals surface area contributed by atoms with Crippen LogP contribution in [0.5, 0.6) is 0 Å². The predicted octanol–water partition coefficient (Wildman–Crippen LogP) is 7.11. The lowest BCUT2D eigenvalue weighted by molar-refractivity contribution is 0.615. The molecule has 0 saturated carbocycles. The van der Waals surface area contributed by atoms with Crippen LogP contribution in [0.3, 0.4) is 0 Å². The van der Waals surface area contributed by atoms with E-state index >= 15 is 0 Å². The summed E-state index contributed by atoms with van der Waals surface area (Å²) in [5.74, 6) is 0. The first-order valence-electron chi connectivity index (χ1n) is 10.6. The van der Waals surface area contributed by atoms with Gasteiger partial charge in [0.25, 0.3) is 0 Å². The van der Waals surface area contributed by atoms with E-state index in [4.69, 9.17) is 0 Å². The van der Waals surface area contributed by atoms with Crippen molar-refractivity contribution in [1.82, 2.24) is 0 Å². The molecular formula is C29H23N. The molecule has 0 amide bonds. The van der Waals surface area contributed by atoms with E-state index in [0.717, 1.165) is 6.42 Å². The molecule has 2 aliphatic heterocycles. The van der Waals surface area contributed by atoms with Gasteiger partial charge >= 0.3 is 0 Å². The molecule has 0 aliphatic carbocycles. The summed E-state index contributed by atoms with van der Waals surface area (Å²) in [5, 5.41) is 0. The number of hydrogen-bond acceptors (Lipinski definition) is 1. The van der Waals surface area contributed by atoms with E-state index in [-0.39, 0.29) is 5.54 Å². The summed E-state index contributed by atoms with van der Waals surface area (Å²) < 4.78 is 0. The lowest BCUT2D eigenvalue weighted by Crippen LogP contribution is -2.45. The van der Waals surface area contributed by atoms with Gasteiger partial charge < -0.3 is 4.90 Å². The summed E-state index contributed by atoms with van der Waals surface area (Å²) in [5.41, 5.74) is 10.5. The first-order valence-corrected chi connectivity index (χ1v) is 10.6. The molecule has 6 rings (SSSR count). The fourth-order valence-corrected chi connectivity index (χ4v) is 5.44. The topological polar surface area (TPSA) is 3.24 Å². The van der Waals surface area contributed by atoms with E-state index in [1.54, 1.807) is 0 Å². The lowest BCUT2D eigenvalue weighted by Gasteiger charge is -2.46. The summed E-state index contributed by atoms with van der Waals surface area (Å²) in [6.07, 6.45) is 0.998. The molecule has 2 heterocycles. The Morgan fingerprint density at radius 3 is 1.90 bits per heavy atom. The van der Waals surface area contributed by atoms with Gasteiger partial charge in [0.05, 0.1) is 5.54 Å². The molecule has 0 bridgehead atoms. The Morgan fingerprint density at radius 2 is 1.17 bits per heavy atom. The van der Waals surface area contributed by atoms with Crippen LogP contribution in [0.1, 0.15) is 29.2 Å². The van der Waals surface area contributed by atoms with Crippen LogP contribution in [0.2, 0.25) is 0 Å². The Labute approximate surface area is 177 Å². The molecule has 0 saturated heterocycles. The van der Waals surface area contributed by atoms with Crippen molar-refractivity contribution in [2.45, 2.75) is 18.9 Å². The maximum Gasteiger partial charge on any atom is 0.0727 e. The first-order chi connectivity index (χ1) is 14.8. The van der Waals surface area contributed by atoms with Crippen LogP contribution in [0.15, 0.2) is 109 Å². The van der Waals surface area contributed by atoms with E-state index in [1.807, 2.05) is 0 Å². The maximum atomic E-state index is 2.58. The molecule has 144 valence electrons. The minimum atomic E-state index is -0.148. The van der Waals surface area contributed by atoms with Crippen molar-refractivity contribution in [2.24, 2.45) is 0 Å². The summed E-state index contributed by atoms with van der Waals surface area (Å²) in [6.45, 7) is 2.41. The van der Waals surface area contributed by atoms with Gasteiger partial charge in [-0.25, -0.2) is 0 Å². The van der Waals surface area contributed by atoms with Gasteiger partial charge in [0.15, 0.2) is 0 Å². The average Bonchev–Trinajstić information content (AvgIpc) is 3.12. The minimum absolute atomic E-state index is 0.148. The molecule has 1 atom stereocenters. The molecule has 30 heavy (non-hydrogen) atoms. The fourth-order valence-electron chi connectivity index (χ4n) is 5.44.